The molecule has 0 saturated carbocycles. The zero-order chi connectivity index (χ0) is 15.9. The van der Waals surface area contributed by atoms with Crippen LogP contribution in [0.1, 0.15) is 31.4 Å². The molecule has 0 saturated heterocycles. The molecule has 0 aliphatic rings. The number of alkyl halides is 3. The Labute approximate surface area is 127 Å². The molecule has 0 aliphatic carbocycles. The van der Waals surface area contributed by atoms with Crippen LogP contribution in [0.25, 0.3) is 0 Å². The monoisotopic (exact) mass is 317 g/mol. The second kappa shape index (κ2) is 8.18. The van der Waals surface area contributed by atoms with Crippen molar-refractivity contribution in [3.63, 3.8) is 0 Å². The molecular weight excluding hydrogens is 299 g/mol. The highest BCUT2D eigenvalue weighted by atomic mass is 32.2. The van der Waals surface area contributed by atoms with Crippen molar-refractivity contribution in [1.82, 2.24) is 0 Å². The topological polar surface area (TPSA) is 33.0 Å². The smallest absolute Gasteiger partial charge is 0.416 e. The third kappa shape index (κ3) is 5.88. The van der Waals surface area contributed by atoms with Crippen molar-refractivity contribution >= 4 is 11.8 Å². The van der Waals surface area contributed by atoms with Crippen LogP contribution < -0.4 is 4.74 Å². The molecule has 1 atom stereocenters. The van der Waals surface area contributed by atoms with Crippen LogP contribution in [0.15, 0.2) is 18.2 Å². The highest BCUT2D eigenvalue weighted by molar-refractivity contribution is 8.03. The summed E-state index contributed by atoms with van der Waals surface area (Å²) in [5.41, 5.74) is -0.120. The molecule has 0 bridgehead atoms. The molecule has 0 heterocycles. The van der Waals surface area contributed by atoms with Gasteiger partial charge >= 0.3 is 6.18 Å². The van der Waals surface area contributed by atoms with E-state index >= 15 is 0 Å². The fourth-order valence-corrected chi connectivity index (χ4v) is 2.36. The molecule has 1 unspecified atom stereocenters. The van der Waals surface area contributed by atoms with Gasteiger partial charge in [0.2, 0.25) is 0 Å². The van der Waals surface area contributed by atoms with Crippen LogP contribution in [0, 0.1) is 16.6 Å². The number of halogens is 3. The summed E-state index contributed by atoms with van der Waals surface area (Å²) < 4.78 is 43.9. The van der Waals surface area contributed by atoms with Crippen LogP contribution in [0.2, 0.25) is 0 Å². The summed E-state index contributed by atoms with van der Waals surface area (Å²) in [5.74, 6) is 1.18. The molecule has 1 aromatic rings. The Bertz CT molecular complexity index is 497. The first-order valence-electron chi connectivity index (χ1n) is 6.72. The first-order valence-corrected chi connectivity index (χ1v) is 7.70. The Morgan fingerprint density at radius 3 is 2.67 bits per heavy atom. The van der Waals surface area contributed by atoms with Gasteiger partial charge in [0.05, 0.1) is 12.2 Å². The lowest BCUT2D eigenvalue weighted by molar-refractivity contribution is -0.137. The third-order valence-electron chi connectivity index (χ3n) is 2.85. The number of thiocyanates is 1. The Morgan fingerprint density at radius 2 is 2.10 bits per heavy atom. The minimum atomic E-state index is -4.36. The number of hydrogen-bond acceptors (Lipinski definition) is 3. The summed E-state index contributed by atoms with van der Waals surface area (Å²) in [6, 6.07) is 3.58. The highest BCUT2D eigenvalue weighted by Gasteiger charge is 2.31. The van der Waals surface area contributed by atoms with E-state index in [0.717, 1.165) is 30.3 Å². The second-order valence-corrected chi connectivity index (χ2v) is 5.68. The van der Waals surface area contributed by atoms with Crippen molar-refractivity contribution in [2.45, 2.75) is 32.9 Å². The Hall–Kier alpha value is -1.35. The molecule has 0 aromatic heterocycles. The quantitative estimate of drug-likeness (QED) is 0.671. The maximum absolute atomic E-state index is 12.8. The minimum Gasteiger partial charge on any atom is -0.493 e. The number of thioether (sulfide) groups is 1. The summed E-state index contributed by atoms with van der Waals surface area (Å²) in [4.78, 5) is 0. The summed E-state index contributed by atoms with van der Waals surface area (Å²) in [5, 5.41) is 10.5. The molecule has 116 valence electrons. The lowest BCUT2D eigenvalue weighted by Gasteiger charge is -2.16. The number of rotatable bonds is 7. The maximum Gasteiger partial charge on any atom is 0.416 e. The van der Waals surface area contributed by atoms with Crippen LogP contribution in [-0.4, -0.2) is 12.4 Å². The van der Waals surface area contributed by atoms with Crippen molar-refractivity contribution in [2.75, 3.05) is 12.4 Å². The van der Waals surface area contributed by atoms with Gasteiger partial charge in [-0.15, -0.1) is 0 Å². The van der Waals surface area contributed by atoms with Crippen LogP contribution in [0.4, 0.5) is 13.2 Å². The number of nitriles is 1. The molecule has 2 nitrogen and oxygen atoms in total. The van der Waals surface area contributed by atoms with Gasteiger partial charge in [-0.3, -0.25) is 0 Å². The van der Waals surface area contributed by atoms with E-state index in [0.29, 0.717) is 30.1 Å². The minimum absolute atomic E-state index is 0.0992. The van der Waals surface area contributed by atoms with E-state index in [1.54, 1.807) is 0 Å². The maximum atomic E-state index is 12.8. The second-order valence-electron chi connectivity index (χ2n) is 4.88. The van der Waals surface area contributed by atoms with Crippen molar-refractivity contribution in [2.24, 2.45) is 5.92 Å². The zero-order valence-corrected chi connectivity index (χ0v) is 12.9. The summed E-state index contributed by atoms with van der Waals surface area (Å²) in [6.45, 7) is 4.32. The van der Waals surface area contributed by atoms with Gasteiger partial charge in [0.15, 0.2) is 0 Å². The van der Waals surface area contributed by atoms with E-state index in [4.69, 9.17) is 10.00 Å². The van der Waals surface area contributed by atoms with Crippen LogP contribution in [-0.2, 0) is 12.6 Å². The first-order chi connectivity index (χ1) is 9.88. The molecule has 21 heavy (non-hydrogen) atoms. The SMILES string of the molecule is CCCOc1ccc(C(F)(F)F)cc1CC(C)CSC#N. The normalized spacial score (nSPS) is 12.8. The van der Waals surface area contributed by atoms with Crippen molar-refractivity contribution in [3.05, 3.63) is 29.3 Å². The van der Waals surface area contributed by atoms with Gasteiger partial charge in [0.1, 0.15) is 11.2 Å². The van der Waals surface area contributed by atoms with E-state index in [-0.39, 0.29) is 5.92 Å². The van der Waals surface area contributed by atoms with Crippen LogP contribution >= 0.6 is 11.8 Å². The fraction of sp³-hybridized carbons (Fsp3) is 0.533. The van der Waals surface area contributed by atoms with Gasteiger partial charge < -0.3 is 4.74 Å². The Balaban J connectivity index is 2.96. The average Bonchev–Trinajstić information content (AvgIpc) is 2.42. The van der Waals surface area contributed by atoms with E-state index in [1.807, 2.05) is 19.2 Å². The zero-order valence-electron chi connectivity index (χ0n) is 12.0. The van der Waals surface area contributed by atoms with Crippen LogP contribution in [0.5, 0.6) is 5.75 Å². The third-order valence-corrected chi connectivity index (χ3v) is 3.72. The molecule has 1 rings (SSSR count). The fourth-order valence-electron chi connectivity index (χ4n) is 1.88. The van der Waals surface area contributed by atoms with Crippen LogP contribution in [0.3, 0.4) is 0 Å². The lowest BCUT2D eigenvalue weighted by Crippen LogP contribution is -2.10. The molecule has 0 amide bonds. The Morgan fingerprint density at radius 1 is 1.38 bits per heavy atom. The molecule has 0 fully saturated rings. The van der Waals surface area contributed by atoms with Gasteiger partial charge in [0, 0.05) is 5.75 Å². The summed E-state index contributed by atoms with van der Waals surface area (Å²) >= 11 is 1.11. The van der Waals surface area contributed by atoms with E-state index in [1.165, 1.54) is 6.07 Å². The average molecular weight is 317 g/mol. The van der Waals surface area contributed by atoms with E-state index in [9.17, 15) is 13.2 Å². The van der Waals surface area contributed by atoms with Crippen molar-refractivity contribution in [1.29, 1.82) is 5.26 Å². The number of nitrogens with zero attached hydrogens (tertiary/aromatic N) is 1. The summed E-state index contributed by atoms with van der Waals surface area (Å²) in [7, 11) is 0. The van der Waals surface area contributed by atoms with Gasteiger partial charge in [-0.2, -0.15) is 18.4 Å². The number of hydrogen-bond donors (Lipinski definition) is 0. The number of benzene rings is 1. The molecule has 0 spiro atoms. The molecule has 6 heteroatoms. The lowest BCUT2D eigenvalue weighted by atomic mass is 9.99. The standard InChI is InChI=1S/C15H18F3NOS/c1-3-6-20-14-5-4-13(15(16,17)18)8-12(14)7-11(2)9-21-10-19/h4-5,8,11H,3,6-7,9H2,1-2H3. The molecule has 0 N–H and O–H groups in total. The van der Waals surface area contributed by atoms with E-state index in [2.05, 4.69) is 0 Å². The highest BCUT2D eigenvalue weighted by Crippen LogP contribution is 2.33. The molecule has 1 aromatic carbocycles. The predicted octanol–water partition coefficient (Wildman–Crippen LogP) is 4.89. The van der Waals surface area contributed by atoms with Gasteiger partial charge in [0.25, 0.3) is 0 Å². The largest absolute Gasteiger partial charge is 0.493 e. The van der Waals surface area contributed by atoms with Gasteiger partial charge in [-0.25, -0.2) is 0 Å². The van der Waals surface area contributed by atoms with Crippen molar-refractivity contribution < 1.29 is 17.9 Å². The van der Waals surface area contributed by atoms with Gasteiger partial charge in [-0.1, -0.05) is 13.8 Å². The first kappa shape index (κ1) is 17.7. The van der Waals surface area contributed by atoms with Gasteiger partial charge in [-0.05, 0) is 54.3 Å². The summed E-state index contributed by atoms with van der Waals surface area (Å²) in [6.07, 6.45) is -3.11. The Kier molecular flexibility index (Phi) is 6.90. The molecule has 0 aliphatic heterocycles. The van der Waals surface area contributed by atoms with E-state index < -0.39 is 11.7 Å². The molecular formula is C15H18F3NOS. The predicted molar refractivity (Wildman–Crippen MR) is 78.2 cm³/mol. The van der Waals surface area contributed by atoms with Crippen molar-refractivity contribution in [3.8, 4) is 11.2 Å². The number of ether oxygens (including phenoxy) is 1. The molecule has 0 radical (unpaired) electrons.